The predicted molar refractivity (Wildman–Crippen MR) is 132 cm³/mol. The summed E-state index contributed by atoms with van der Waals surface area (Å²) in [6, 6.07) is 18.3. The smallest absolute Gasteiger partial charge is 0.264 e. The average Bonchev–Trinajstić information content (AvgIpc) is 2.85. The first kappa shape index (κ1) is 24.5. The van der Waals surface area contributed by atoms with Gasteiger partial charge in [0.1, 0.15) is 11.5 Å². The van der Waals surface area contributed by atoms with Gasteiger partial charge in [-0.3, -0.25) is 9.10 Å². The van der Waals surface area contributed by atoms with E-state index < -0.39 is 10.0 Å². The minimum atomic E-state index is -3.73. The number of nitrogens with one attached hydrogen (secondary N) is 1. The number of ether oxygens (including phenoxy) is 2. The second-order valence-electron chi connectivity index (χ2n) is 6.91. The number of benzene rings is 3. The molecule has 3 aromatic carbocycles. The van der Waals surface area contributed by atoms with Gasteiger partial charge in [-0.1, -0.05) is 0 Å². The zero-order valence-electron chi connectivity index (χ0n) is 18.9. The SMILES string of the molecule is CCN(c1ccc(C(=O)Nc2ccc(OC)cc2OC)cc1)S(=O)(=O)c1ccc(SC)cc1. The Hall–Kier alpha value is -3.17. The number of sulfonamides is 1. The Morgan fingerprint density at radius 1 is 0.970 bits per heavy atom. The molecule has 0 radical (unpaired) electrons. The molecule has 0 aromatic heterocycles. The molecule has 9 heteroatoms. The molecule has 0 heterocycles. The summed E-state index contributed by atoms with van der Waals surface area (Å²) in [7, 11) is -0.674. The lowest BCUT2D eigenvalue weighted by Crippen LogP contribution is -2.30. The Morgan fingerprint density at radius 2 is 1.64 bits per heavy atom. The standard InChI is InChI=1S/C24H26N2O5S2/c1-5-26(33(28,29)21-13-11-20(32-4)12-14-21)18-8-6-17(7-9-18)24(27)25-22-15-10-19(30-2)16-23(22)31-3/h6-16H,5H2,1-4H3,(H,25,27). The van der Waals surface area contributed by atoms with Crippen LogP contribution in [0.15, 0.2) is 76.5 Å². The van der Waals surface area contributed by atoms with Crippen LogP contribution in [-0.2, 0) is 10.0 Å². The Kier molecular flexibility index (Phi) is 7.88. The first-order chi connectivity index (χ1) is 15.8. The van der Waals surface area contributed by atoms with E-state index in [4.69, 9.17) is 9.47 Å². The van der Waals surface area contributed by atoms with Gasteiger partial charge in [0, 0.05) is 23.1 Å². The van der Waals surface area contributed by atoms with E-state index in [-0.39, 0.29) is 17.3 Å². The molecule has 33 heavy (non-hydrogen) atoms. The van der Waals surface area contributed by atoms with Crippen molar-refractivity contribution < 1.29 is 22.7 Å². The van der Waals surface area contributed by atoms with Gasteiger partial charge in [-0.2, -0.15) is 0 Å². The van der Waals surface area contributed by atoms with Crippen LogP contribution in [0.2, 0.25) is 0 Å². The quantitative estimate of drug-likeness (QED) is 0.434. The molecule has 0 fully saturated rings. The van der Waals surface area contributed by atoms with Crippen molar-refractivity contribution in [3.05, 3.63) is 72.3 Å². The maximum atomic E-state index is 13.2. The van der Waals surface area contributed by atoms with Gasteiger partial charge in [0.15, 0.2) is 0 Å². The zero-order valence-corrected chi connectivity index (χ0v) is 20.5. The molecule has 0 unspecified atom stereocenters. The van der Waals surface area contributed by atoms with E-state index >= 15 is 0 Å². The highest BCUT2D eigenvalue weighted by Gasteiger charge is 2.24. The van der Waals surface area contributed by atoms with Crippen LogP contribution < -0.4 is 19.1 Å². The number of methoxy groups -OCH3 is 2. The fourth-order valence-corrected chi connectivity index (χ4v) is 5.12. The topological polar surface area (TPSA) is 84.9 Å². The summed E-state index contributed by atoms with van der Waals surface area (Å²) in [4.78, 5) is 13.9. The number of anilines is 2. The van der Waals surface area contributed by atoms with Crippen LogP contribution in [-0.4, -0.2) is 41.3 Å². The summed E-state index contributed by atoms with van der Waals surface area (Å²) in [5, 5.41) is 2.81. The molecule has 0 bridgehead atoms. The number of hydrogen-bond donors (Lipinski definition) is 1. The van der Waals surface area contributed by atoms with E-state index in [1.807, 2.05) is 6.26 Å². The Morgan fingerprint density at radius 3 is 2.18 bits per heavy atom. The second kappa shape index (κ2) is 10.6. The molecule has 0 aliphatic rings. The summed E-state index contributed by atoms with van der Waals surface area (Å²) in [6.45, 7) is 2.02. The lowest BCUT2D eigenvalue weighted by atomic mass is 10.2. The highest BCUT2D eigenvalue weighted by atomic mass is 32.2. The molecule has 0 aliphatic carbocycles. The number of carbonyl (C=O) groups is 1. The monoisotopic (exact) mass is 486 g/mol. The molecule has 0 atom stereocenters. The van der Waals surface area contributed by atoms with Crippen molar-refractivity contribution >= 4 is 39.1 Å². The predicted octanol–water partition coefficient (Wildman–Crippen LogP) is 4.89. The Labute approximate surface area is 198 Å². The van der Waals surface area contributed by atoms with Crippen molar-refractivity contribution in [3.8, 4) is 11.5 Å². The van der Waals surface area contributed by atoms with E-state index in [0.717, 1.165) is 4.90 Å². The number of rotatable bonds is 9. The van der Waals surface area contributed by atoms with Gasteiger partial charge in [0.05, 0.1) is 30.5 Å². The summed E-state index contributed by atoms with van der Waals surface area (Å²) < 4.78 is 38.1. The first-order valence-electron chi connectivity index (χ1n) is 10.1. The fourth-order valence-electron chi connectivity index (χ4n) is 3.24. The molecule has 1 N–H and O–H groups in total. The van der Waals surface area contributed by atoms with E-state index in [1.165, 1.54) is 11.4 Å². The van der Waals surface area contributed by atoms with Gasteiger partial charge in [-0.25, -0.2) is 8.42 Å². The van der Waals surface area contributed by atoms with Crippen LogP contribution in [0.25, 0.3) is 0 Å². The summed E-state index contributed by atoms with van der Waals surface area (Å²) in [5.74, 6) is 0.733. The minimum Gasteiger partial charge on any atom is -0.497 e. The molecule has 0 saturated heterocycles. The lowest BCUT2D eigenvalue weighted by Gasteiger charge is -2.23. The largest absolute Gasteiger partial charge is 0.497 e. The molecular formula is C24H26N2O5S2. The van der Waals surface area contributed by atoms with Gasteiger partial charge in [-0.05, 0) is 73.8 Å². The third kappa shape index (κ3) is 5.43. The molecule has 7 nitrogen and oxygen atoms in total. The van der Waals surface area contributed by atoms with E-state index in [9.17, 15) is 13.2 Å². The number of carbonyl (C=O) groups excluding carboxylic acids is 1. The van der Waals surface area contributed by atoms with Crippen molar-refractivity contribution in [1.29, 1.82) is 0 Å². The molecule has 0 spiro atoms. The van der Waals surface area contributed by atoms with E-state index in [0.29, 0.717) is 28.4 Å². The van der Waals surface area contributed by atoms with Crippen LogP contribution in [0.5, 0.6) is 11.5 Å². The third-order valence-electron chi connectivity index (χ3n) is 5.01. The summed E-state index contributed by atoms with van der Waals surface area (Å²) >= 11 is 1.55. The van der Waals surface area contributed by atoms with Gasteiger partial charge in [-0.15, -0.1) is 11.8 Å². The molecule has 0 aliphatic heterocycles. The first-order valence-corrected chi connectivity index (χ1v) is 12.8. The number of nitrogens with zero attached hydrogens (tertiary/aromatic N) is 1. The maximum Gasteiger partial charge on any atom is 0.264 e. The number of thioether (sulfide) groups is 1. The average molecular weight is 487 g/mol. The minimum absolute atomic E-state index is 0.218. The molecule has 0 saturated carbocycles. The highest BCUT2D eigenvalue weighted by Crippen LogP contribution is 2.30. The van der Waals surface area contributed by atoms with Gasteiger partial charge >= 0.3 is 0 Å². The van der Waals surface area contributed by atoms with Crippen LogP contribution >= 0.6 is 11.8 Å². The highest BCUT2D eigenvalue weighted by molar-refractivity contribution is 7.98. The van der Waals surface area contributed by atoms with Crippen molar-refractivity contribution in [2.75, 3.05) is 36.6 Å². The van der Waals surface area contributed by atoms with Crippen LogP contribution in [0.1, 0.15) is 17.3 Å². The summed E-state index contributed by atoms with van der Waals surface area (Å²) in [5.41, 5.74) is 1.36. The summed E-state index contributed by atoms with van der Waals surface area (Å²) in [6.07, 6.45) is 1.93. The van der Waals surface area contributed by atoms with Crippen molar-refractivity contribution in [2.45, 2.75) is 16.7 Å². The lowest BCUT2D eigenvalue weighted by molar-refractivity contribution is 0.102. The van der Waals surface area contributed by atoms with E-state index in [1.54, 1.807) is 92.5 Å². The fraction of sp³-hybridized carbons (Fsp3) is 0.208. The zero-order chi connectivity index (χ0) is 24.0. The maximum absolute atomic E-state index is 13.2. The number of hydrogen-bond acceptors (Lipinski definition) is 6. The Balaban J connectivity index is 1.81. The van der Waals surface area contributed by atoms with E-state index in [2.05, 4.69) is 5.32 Å². The van der Waals surface area contributed by atoms with Gasteiger partial charge < -0.3 is 14.8 Å². The second-order valence-corrected chi connectivity index (χ2v) is 9.65. The molecule has 1 amide bonds. The van der Waals surface area contributed by atoms with Crippen molar-refractivity contribution in [1.82, 2.24) is 0 Å². The van der Waals surface area contributed by atoms with Crippen LogP contribution in [0.3, 0.4) is 0 Å². The van der Waals surface area contributed by atoms with Gasteiger partial charge in [0.2, 0.25) is 0 Å². The van der Waals surface area contributed by atoms with Crippen molar-refractivity contribution in [2.24, 2.45) is 0 Å². The van der Waals surface area contributed by atoms with Crippen LogP contribution in [0, 0.1) is 0 Å². The third-order valence-corrected chi connectivity index (χ3v) is 7.67. The normalized spacial score (nSPS) is 11.0. The van der Waals surface area contributed by atoms with Crippen molar-refractivity contribution in [3.63, 3.8) is 0 Å². The molecule has 174 valence electrons. The van der Waals surface area contributed by atoms with Gasteiger partial charge in [0.25, 0.3) is 15.9 Å². The number of amides is 1. The molecule has 3 aromatic rings. The van der Waals surface area contributed by atoms with Crippen LogP contribution in [0.4, 0.5) is 11.4 Å². The Bertz CT molecular complexity index is 1210. The molecule has 3 rings (SSSR count). The molecular weight excluding hydrogens is 460 g/mol.